The summed E-state index contributed by atoms with van der Waals surface area (Å²) in [6.07, 6.45) is -1.73. The normalized spacial score (nSPS) is 14.6. The van der Waals surface area contributed by atoms with Crippen LogP contribution >= 0.6 is 0 Å². The molecule has 0 bridgehead atoms. The molecule has 0 aliphatic rings. The van der Waals surface area contributed by atoms with Gasteiger partial charge in [0.25, 0.3) is 0 Å². The van der Waals surface area contributed by atoms with Gasteiger partial charge in [-0.15, -0.1) is 0 Å². The average Bonchev–Trinajstić information content (AvgIpc) is 2.60. The van der Waals surface area contributed by atoms with E-state index in [-0.39, 0.29) is 0 Å². The molecule has 4 amide bonds. The molecule has 10 N–H and O–H groups in total. The third kappa shape index (κ3) is 10.0. The first-order chi connectivity index (χ1) is 13.4. The van der Waals surface area contributed by atoms with Gasteiger partial charge in [-0.25, -0.2) is 4.79 Å². The number of aliphatic carboxylic acids is 2. The van der Waals surface area contributed by atoms with Crippen LogP contribution in [0.15, 0.2) is 0 Å². The Labute approximate surface area is 165 Å². The number of primary amides is 1. The average molecular weight is 419 g/mol. The number of hydrogen-bond donors (Lipinski definition) is 8. The van der Waals surface area contributed by atoms with Crippen molar-refractivity contribution in [2.24, 2.45) is 11.5 Å². The van der Waals surface area contributed by atoms with Gasteiger partial charge < -0.3 is 42.7 Å². The van der Waals surface area contributed by atoms with Crippen LogP contribution < -0.4 is 27.4 Å². The Morgan fingerprint density at radius 1 is 0.862 bits per heavy atom. The summed E-state index contributed by atoms with van der Waals surface area (Å²) in [7, 11) is 0. The molecule has 0 spiro atoms. The first kappa shape index (κ1) is 25.7. The standard InChI is InChI=1S/C15H25N5O9/c1-6(16)12(25)20-9(5-21)14(27)18-7(2-3-11(23)24)13(26)19-8(15(28)29)4-10(17)22/h6-9,21H,2-5,16H2,1H3,(H2,17,22)(H,18,27)(H,19,26)(H,20,25)(H,23,24)(H,28,29). The second kappa shape index (κ2) is 12.2. The molecule has 164 valence electrons. The van der Waals surface area contributed by atoms with Gasteiger partial charge in [-0.1, -0.05) is 0 Å². The summed E-state index contributed by atoms with van der Waals surface area (Å²) in [6, 6.07) is -5.71. The van der Waals surface area contributed by atoms with Crippen molar-refractivity contribution in [3.8, 4) is 0 Å². The van der Waals surface area contributed by atoms with E-state index in [4.69, 9.17) is 21.7 Å². The van der Waals surface area contributed by atoms with Crippen LogP contribution in [0, 0.1) is 0 Å². The summed E-state index contributed by atoms with van der Waals surface area (Å²) in [5.74, 6) is -6.77. The van der Waals surface area contributed by atoms with Gasteiger partial charge in [0.1, 0.15) is 18.1 Å². The summed E-state index contributed by atoms with van der Waals surface area (Å²) < 4.78 is 0. The van der Waals surface area contributed by atoms with Crippen LogP contribution in [0.1, 0.15) is 26.2 Å². The molecule has 0 aromatic carbocycles. The highest BCUT2D eigenvalue weighted by Crippen LogP contribution is 2.02. The lowest BCUT2D eigenvalue weighted by atomic mass is 10.1. The zero-order valence-corrected chi connectivity index (χ0v) is 15.6. The van der Waals surface area contributed by atoms with E-state index >= 15 is 0 Å². The fourth-order valence-electron chi connectivity index (χ4n) is 1.98. The first-order valence-electron chi connectivity index (χ1n) is 8.39. The monoisotopic (exact) mass is 419 g/mol. The molecular weight excluding hydrogens is 394 g/mol. The number of hydrogen-bond acceptors (Lipinski definition) is 8. The molecular formula is C15H25N5O9. The molecule has 4 atom stereocenters. The molecule has 0 aliphatic carbocycles. The third-order valence-corrected chi connectivity index (χ3v) is 3.53. The minimum absolute atomic E-state index is 0.435. The number of carbonyl (C=O) groups excluding carboxylic acids is 4. The van der Waals surface area contributed by atoms with Crippen molar-refractivity contribution in [3.63, 3.8) is 0 Å². The minimum Gasteiger partial charge on any atom is -0.481 e. The smallest absolute Gasteiger partial charge is 0.326 e. The van der Waals surface area contributed by atoms with Gasteiger partial charge in [-0.3, -0.25) is 24.0 Å². The summed E-state index contributed by atoms with van der Waals surface area (Å²) >= 11 is 0. The summed E-state index contributed by atoms with van der Waals surface area (Å²) in [4.78, 5) is 69.0. The summed E-state index contributed by atoms with van der Waals surface area (Å²) in [5, 5.41) is 33.3. The second-order valence-electron chi connectivity index (χ2n) is 6.10. The maximum atomic E-state index is 12.3. The van der Waals surface area contributed by atoms with E-state index in [1.807, 2.05) is 5.32 Å². The lowest BCUT2D eigenvalue weighted by molar-refractivity contribution is -0.144. The third-order valence-electron chi connectivity index (χ3n) is 3.53. The van der Waals surface area contributed by atoms with E-state index in [0.717, 1.165) is 0 Å². The first-order valence-corrected chi connectivity index (χ1v) is 8.39. The van der Waals surface area contributed by atoms with Gasteiger partial charge in [0.05, 0.1) is 19.1 Å². The number of carbonyl (C=O) groups is 6. The number of nitrogens with one attached hydrogen (secondary N) is 3. The Hall–Kier alpha value is -3.26. The summed E-state index contributed by atoms with van der Waals surface area (Å²) in [5.41, 5.74) is 10.3. The molecule has 0 saturated carbocycles. The highest BCUT2D eigenvalue weighted by atomic mass is 16.4. The quantitative estimate of drug-likeness (QED) is 0.142. The van der Waals surface area contributed by atoms with E-state index in [0.29, 0.717) is 0 Å². The van der Waals surface area contributed by atoms with Crippen molar-refractivity contribution in [2.45, 2.75) is 50.4 Å². The Kier molecular flexibility index (Phi) is 10.9. The van der Waals surface area contributed by atoms with Crippen molar-refractivity contribution in [3.05, 3.63) is 0 Å². The van der Waals surface area contributed by atoms with E-state index < -0.39 is 85.6 Å². The zero-order valence-electron chi connectivity index (χ0n) is 15.6. The van der Waals surface area contributed by atoms with Gasteiger partial charge in [-0.2, -0.15) is 0 Å². The number of carboxylic acids is 2. The molecule has 0 fully saturated rings. The number of aliphatic hydroxyl groups excluding tert-OH is 1. The molecule has 0 saturated heterocycles. The number of nitrogens with two attached hydrogens (primary N) is 2. The SMILES string of the molecule is CC(N)C(=O)NC(CO)C(=O)NC(CCC(=O)O)C(=O)NC(CC(N)=O)C(=O)O. The van der Waals surface area contributed by atoms with Crippen molar-refractivity contribution >= 4 is 35.6 Å². The Morgan fingerprint density at radius 2 is 1.34 bits per heavy atom. The number of amides is 4. The second-order valence-corrected chi connectivity index (χ2v) is 6.10. The molecule has 14 heteroatoms. The topological polar surface area (TPSA) is 251 Å². The van der Waals surface area contributed by atoms with Crippen LogP contribution in [-0.2, 0) is 28.8 Å². The van der Waals surface area contributed by atoms with Crippen molar-refractivity contribution in [1.82, 2.24) is 16.0 Å². The predicted molar refractivity (Wildman–Crippen MR) is 94.8 cm³/mol. The van der Waals surface area contributed by atoms with Crippen LogP contribution in [-0.4, -0.2) is 81.7 Å². The van der Waals surface area contributed by atoms with Crippen LogP contribution in [0.4, 0.5) is 0 Å². The summed E-state index contributed by atoms with van der Waals surface area (Å²) in [6.45, 7) is 0.479. The minimum atomic E-state index is -1.70. The van der Waals surface area contributed by atoms with Crippen molar-refractivity contribution < 1.29 is 44.1 Å². The molecule has 0 aliphatic heterocycles. The van der Waals surface area contributed by atoms with E-state index in [1.54, 1.807) is 0 Å². The number of carboxylic acid groups (broad SMARTS) is 2. The molecule has 29 heavy (non-hydrogen) atoms. The maximum Gasteiger partial charge on any atom is 0.326 e. The molecule has 0 aromatic heterocycles. The van der Waals surface area contributed by atoms with Gasteiger partial charge >= 0.3 is 11.9 Å². The van der Waals surface area contributed by atoms with Crippen LogP contribution in [0.5, 0.6) is 0 Å². The lowest BCUT2D eigenvalue weighted by Gasteiger charge is -2.23. The number of rotatable bonds is 13. The van der Waals surface area contributed by atoms with Crippen LogP contribution in [0.25, 0.3) is 0 Å². The Morgan fingerprint density at radius 3 is 1.76 bits per heavy atom. The van der Waals surface area contributed by atoms with Gasteiger partial charge in [-0.05, 0) is 13.3 Å². The molecule has 4 unspecified atom stereocenters. The highest BCUT2D eigenvalue weighted by Gasteiger charge is 2.30. The molecule has 0 aromatic rings. The van der Waals surface area contributed by atoms with E-state index in [2.05, 4.69) is 10.6 Å². The fraction of sp³-hybridized carbons (Fsp3) is 0.600. The fourth-order valence-corrected chi connectivity index (χ4v) is 1.98. The molecule has 0 radical (unpaired) electrons. The lowest BCUT2D eigenvalue weighted by Crippen LogP contribution is -2.58. The van der Waals surface area contributed by atoms with E-state index in [9.17, 15) is 33.9 Å². The maximum absolute atomic E-state index is 12.3. The predicted octanol–water partition coefficient (Wildman–Crippen LogP) is -4.39. The molecule has 0 heterocycles. The van der Waals surface area contributed by atoms with Crippen LogP contribution in [0.3, 0.4) is 0 Å². The highest BCUT2D eigenvalue weighted by molar-refractivity contribution is 5.95. The van der Waals surface area contributed by atoms with Crippen molar-refractivity contribution in [1.29, 1.82) is 0 Å². The van der Waals surface area contributed by atoms with Gasteiger partial charge in [0, 0.05) is 6.42 Å². The van der Waals surface area contributed by atoms with Crippen LogP contribution in [0.2, 0.25) is 0 Å². The van der Waals surface area contributed by atoms with E-state index in [1.165, 1.54) is 6.92 Å². The molecule has 14 nitrogen and oxygen atoms in total. The zero-order chi connectivity index (χ0) is 22.7. The number of aliphatic hydroxyl groups is 1. The van der Waals surface area contributed by atoms with Gasteiger partial charge in [0.15, 0.2) is 0 Å². The molecule has 0 rings (SSSR count). The Bertz CT molecular complexity index is 652. The van der Waals surface area contributed by atoms with Crippen molar-refractivity contribution in [2.75, 3.05) is 6.61 Å². The largest absolute Gasteiger partial charge is 0.481 e. The Balaban J connectivity index is 5.32. The van der Waals surface area contributed by atoms with Gasteiger partial charge in [0.2, 0.25) is 23.6 Å².